The van der Waals surface area contributed by atoms with Crippen LogP contribution < -0.4 is 4.90 Å². The van der Waals surface area contributed by atoms with E-state index in [0.29, 0.717) is 31.9 Å². The van der Waals surface area contributed by atoms with Gasteiger partial charge in [0.15, 0.2) is 6.61 Å². The van der Waals surface area contributed by atoms with Gasteiger partial charge in [0.05, 0.1) is 16.3 Å². The molecule has 0 unspecified atom stereocenters. The number of ether oxygens (including phenoxy) is 1. The number of hydrogen-bond donors (Lipinski definition) is 0. The fraction of sp³-hybridized carbons (Fsp3) is 0.300. The minimum Gasteiger partial charge on any atom is -0.452 e. The largest absolute Gasteiger partial charge is 0.452 e. The van der Waals surface area contributed by atoms with Crippen LogP contribution in [-0.4, -0.2) is 59.5 Å². The summed E-state index contributed by atoms with van der Waals surface area (Å²) in [7, 11) is 0. The van der Waals surface area contributed by atoms with Crippen molar-refractivity contribution in [3.05, 3.63) is 59.0 Å². The van der Waals surface area contributed by atoms with Crippen LogP contribution in [0.4, 0.5) is 19.0 Å². The van der Waals surface area contributed by atoms with Crippen LogP contribution >= 0.6 is 11.6 Å². The second kappa shape index (κ2) is 9.78. The number of pyridine rings is 2. The first kappa shape index (κ1) is 22.5. The molecule has 1 saturated heterocycles. The topological polar surface area (TPSA) is 75.6 Å². The molecule has 0 spiro atoms. The van der Waals surface area contributed by atoms with E-state index < -0.39 is 24.3 Å². The Kier molecular flexibility index (Phi) is 7.11. The molecule has 1 aliphatic heterocycles. The third-order valence-corrected chi connectivity index (χ3v) is 4.77. The predicted octanol–water partition coefficient (Wildman–Crippen LogP) is 3.05. The van der Waals surface area contributed by atoms with E-state index in [1.54, 1.807) is 29.3 Å². The van der Waals surface area contributed by atoms with Gasteiger partial charge < -0.3 is 14.5 Å². The maximum atomic E-state index is 12.7. The summed E-state index contributed by atoms with van der Waals surface area (Å²) >= 11 is 5.97. The van der Waals surface area contributed by atoms with Crippen molar-refractivity contribution in [1.29, 1.82) is 0 Å². The quantitative estimate of drug-likeness (QED) is 0.510. The fourth-order valence-electron chi connectivity index (χ4n) is 2.89. The molecule has 3 rings (SSSR count). The van der Waals surface area contributed by atoms with Gasteiger partial charge in [-0.25, -0.2) is 9.78 Å². The van der Waals surface area contributed by atoms with Crippen molar-refractivity contribution in [1.82, 2.24) is 14.9 Å². The Morgan fingerprint density at radius 1 is 1.16 bits per heavy atom. The summed E-state index contributed by atoms with van der Waals surface area (Å²) in [4.78, 5) is 35.1. The number of rotatable bonds is 5. The summed E-state index contributed by atoms with van der Waals surface area (Å²) in [5.41, 5.74) is -0.341. The lowest BCUT2D eigenvalue weighted by Gasteiger charge is -2.35. The molecule has 31 heavy (non-hydrogen) atoms. The Morgan fingerprint density at radius 3 is 2.52 bits per heavy atom. The van der Waals surface area contributed by atoms with Crippen molar-refractivity contribution >= 4 is 35.4 Å². The van der Waals surface area contributed by atoms with Gasteiger partial charge in [0, 0.05) is 44.6 Å². The van der Waals surface area contributed by atoms with Crippen molar-refractivity contribution < 1.29 is 27.5 Å². The second-order valence-corrected chi connectivity index (χ2v) is 7.00. The monoisotopic (exact) mass is 454 g/mol. The molecule has 0 bridgehead atoms. The zero-order valence-electron chi connectivity index (χ0n) is 16.2. The van der Waals surface area contributed by atoms with Gasteiger partial charge in [-0.15, -0.1) is 0 Å². The predicted molar refractivity (Wildman–Crippen MR) is 107 cm³/mol. The summed E-state index contributed by atoms with van der Waals surface area (Å²) in [6, 6.07) is 6.07. The van der Waals surface area contributed by atoms with Gasteiger partial charge in [0.25, 0.3) is 5.91 Å². The van der Waals surface area contributed by atoms with Gasteiger partial charge in [-0.2, -0.15) is 13.2 Å². The third-order valence-electron chi connectivity index (χ3n) is 4.50. The number of nitrogens with zero attached hydrogens (tertiary/aromatic N) is 4. The van der Waals surface area contributed by atoms with E-state index in [9.17, 15) is 22.8 Å². The number of esters is 1. The Labute approximate surface area is 181 Å². The van der Waals surface area contributed by atoms with E-state index >= 15 is 0 Å². The molecule has 2 aromatic rings. The number of aromatic nitrogens is 2. The van der Waals surface area contributed by atoms with E-state index in [1.165, 1.54) is 17.1 Å². The van der Waals surface area contributed by atoms with Crippen LogP contribution in [0.5, 0.6) is 0 Å². The zero-order chi connectivity index (χ0) is 22.4. The van der Waals surface area contributed by atoms with Crippen LogP contribution in [0.2, 0.25) is 5.02 Å². The lowest BCUT2D eigenvalue weighted by molar-refractivity contribution is -0.148. The number of hydrogen-bond acceptors (Lipinski definition) is 6. The van der Waals surface area contributed by atoms with E-state index in [1.807, 2.05) is 0 Å². The summed E-state index contributed by atoms with van der Waals surface area (Å²) < 4.78 is 43.2. The molecule has 0 N–H and O–H groups in total. The van der Waals surface area contributed by atoms with Gasteiger partial charge in [-0.05, 0) is 24.3 Å². The van der Waals surface area contributed by atoms with E-state index in [-0.39, 0.29) is 16.7 Å². The lowest BCUT2D eigenvalue weighted by Crippen LogP contribution is -2.50. The molecule has 1 aliphatic rings. The first-order valence-corrected chi connectivity index (χ1v) is 9.63. The number of amides is 1. The van der Waals surface area contributed by atoms with Crippen molar-refractivity contribution in [3.63, 3.8) is 0 Å². The SMILES string of the molecule is O=C(C=Cc1ccccn1)OCC(=O)N1CCN(c2ncc(C(F)(F)F)cc2Cl)CC1. The number of halogens is 4. The average Bonchev–Trinajstić information content (AvgIpc) is 2.76. The molecule has 0 saturated carbocycles. The minimum atomic E-state index is -4.52. The number of alkyl halides is 3. The molecule has 0 radical (unpaired) electrons. The highest BCUT2D eigenvalue weighted by atomic mass is 35.5. The zero-order valence-corrected chi connectivity index (χ0v) is 16.9. The molecular weight excluding hydrogens is 437 g/mol. The summed E-state index contributed by atoms with van der Waals surface area (Å²) in [6.07, 6.45) is 0.459. The average molecular weight is 455 g/mol. The number of carbonyl (C=O) groups is 2. The number of carbonyl (C=O) groups excluding carboxylic acids is 2. The molecule has 0 aliphatic carbocycles. The van der Waals surface area contributed by atoms with Crippen LogP contribution in [0.25, 0.3) is 6.08 Å². The normalized spacial score (nSPS) is 14.7. The molecule has 164 valence electrons. The van der Waals surface area contributed by atoms with Crippen molar-refractivity contribution in [2.45, 2.75) is 6.18 Å². The Hall–Kier alpha value is -3.14. The van der Waals surface area contributed by atoms with Gasteiger partial charge in [-0.3, -0.25) is 9.78 Å². The van der Waals surface area contributed by atoms with Gasteiger partial charge >= 0.3 is 12.1 Å². The number of piperazine rings is 1. The summed E-state index contributed by atoms with van der Waals surface area (Å²) in [5, 5.41) is -0.108. The standard InChI is InChI=1S/C20H18ClF3N4O3/c21-16-11-14(20(22,23)24)12-26-19(16)28-9-7-27(8-10-28)17(29)13-31-18(30)5-4-15-3-1-2-6-25-15/h1-6,11-12H,7-10,13H2. The highest BCUT2D eigenvalue weighted by molar-refractivity contribution is 6.33. The van der Waals surface area contributed by atoms with Gasteiger partial charge in [-0.1, -0.05) is 17.7 Å². The molecule has 0 aromatic carbocycles. The van der Waals surface area contributed by atoms with Crippen molar-refractivity contribution in [2.75, 3.05) is 37.7 Å². The lowest BCUT2D eigenvalue weighted by atomic mass is 10.2. The first-order chi connectivity index (χ1) is 14.7. The van der Waals surface area contributed by atoms with Crippen molar-refractivity contribution in [2.24, 2.45) is 0 Å². The van der Waals surface area contributed by atoms with E-state index in [0.717, 1.165) is 12.3 Å². The fourth-order valence-corrected chi connectivity index (χ4v) is 3.17. The third kappa shape index (κ3) is 6.17. The molecule has 3 heterocycles. The van der Waals surface area contributed by atoms with E-state index in [2.05, 4.69) is 9.97 Å². The molecule has 2 aromatic heterocycles. The maximum Gasteiger partial charge on any atom is 0.417 e. The molecule has 0 atom stereocenters. The smallest absolute Gasteiger partial charge is 0.417 e. The van der Waals surface area contributed by atoms with Crippen LogP contribution in [0.15, 0.2) is 42.7 Å². The Balaban J connectivity index is 1.47. The maximum absolute atomic E-state index is 12.7. The van der Waals surface area contributed by atoms with Crippen LogP contribution in [0.1, 0.15) is 11.3 Å². The van der Waals surface area contributed by atoms with Crippen LogP contribution in [0, 0.1) is 0 Å². The Morgan fingerprint density at radius 2 is 1.90 bits per heavy atom. The first-order valence-electron chi connectivity index (χ1n) is 9.25. The van der Waals surface area contributed by atoms with Gasteiger partial charge in [0.1, 0.15) is 5.82 Å². The molecule has 7 nitrogen and oxygen atoms in total. The van der Waals surface area contributed by atoms with Crippen LogP contribution in [-0.2, 0) is 20.5 Å². The molecular formula is C20H18ClF3N4O3. The summed E-state index contributed by atoms with van der Waals surface area (Å²) in [5.74, 6) is -0.808. The molecule has 11 heteroatoms. The highest BCUT2D eigenvalue weighted by Gasteiger charge is 2.32. The van der Waals surface area contributed by atoms with E-state index in [4.69, 9.17) is 16.3 Å². The van der Waals surface area contributed by atoms with Crippen molar-refractivity contribution in [3.8, 4) is 0 Å². The Bertz CT molecular complexity index is 962. The summed E-state index contributed by atoms with van der Waals surface area (Å²) in [6.45, 7) is 0.831. The second-order valence-electron chi connectivity index (χ2n) is 6.59. The van der Waals surface area contributed by atoms with Crippen LogP contribution in [0.3, 0.4) is 0 Å². The highest BCUT2D eigenvalue weighted by Crippen LogP contribution is 2.33. The number of anilines is 1. The molecule has 1 fully saturated rings. The van der Waals surface area contributed by atoms with Gasteiger partial charge in [0.2, 0.25) is 0 Å². The molecule has 1 amide bonds. The minimum absolute atomic E-state index is 0.108.